The summed E-state index contributed by atoms with van der Waals surface area (Å²) in [4.78, 5) is 11.3. The number of benzene rings is 1. The molecule has 2 atom stereocenters. The van der Waals surface area contributed by atoms with Crippen molar-refractivity contribution >= 4 is 16.0 Å². The normalized spacial score (nSPS) is 19.2. The van der Waals surface area contributed by atoms with E-state index >= 15 is 0 Å². The lowest BCUT2D eigenvalue weighted by Crippen LogP contribution is -2.46. The number of ether oxygens (including phenoxy) is 1. The summed E-state index contributed by atoms with van der Waals surface area (Å²) < 4.78 is 33.8. The SMILES string of the molecule is O=C(O)C(NS(=O)(=O)c1cnn(-c2ccccc2)c1)C1CCOC1. The Hall–Kier alpha value is -2.23. The molecule has 9 heteroatoms. The third kappa shape index (κ3) is 3.48. The highest BCUT2D eigenvalue weighted by molar-refractivity contribution is 7.89. The van der Waals surface area contributed by atoms with Crippen molar-refractivity contribution < 1.29 is 23.1 Å². The third-order valence-electron chi connectivity index (χ3n) is 3.87. The third-order valence-corrected chi connectivity index (χ3v) is 5.27. The summed E-state index contributed by atoms with van der Waals surface area (Å²) in [5.41, 5.74) is 0.706. The predicted octanol–water partition coefficient (Wildman–Crippen LogP) is 0.640. The number of carboxylic acids is 1. The van der Waals surface area contributed by atoms with E-state index in [0.717, 1.165) is 0 Å². The molecule has 1 saturated heterocycles. The summed E-state index contributed by atoms with van der Waals surface area (Å²) >= 11 is 0. The monoisotopic (exact) mass is 351 g/mol. The van der Waals surface area contributed by atoms with Crippen LogP contribution in [0.25, 0.3) is 5.69 Å². The average molecular weight is 351 g/mol. The Bertz CT molecular complexity index is 813. The van der Waals surface area contributed by atoms with Gasteiger partial charge in [0.25, 0.3) is 0 Å². The molecule has 1 aliphatic rings. The fraction of sp³-hybridized carbons (Fsp3) is 0.333. The molecule has 0 spiro atoms. The van der Waals surface area contributed by atoms with E-state index < -0.39 is 22.0 Å². The van der Waals surface area contributed by atoms with Crippen molar-refractivity contribution in [1.82, 2.24) is 14.5 Å². The maximum atomic E-state index is 12.5. The molecule has 24 heavy (non-hydrogen) atoms. The van der Waals surface area contributed by atoms with Gasteiger partial charge in [0, 0.05) is 12.5 Å². The lowest BCUT2D eigenvalue weighted by molar-refractivity contribution is -0.140. The molecule has 0 amide bonds. The van der Waals surface area contributed by atoms with Gasteiger partial charge in [0.1, 0.15) is 10.9 Å². The maximum absolute atomic E-state index is 12.5. The van der Waals surface area contributed by atoms with E-state index in [1.165, 1.54) is 17.1 Å². The molecule has 2 aromatic rings. The smallest absolute Gasteiger partial charge is 0.322 e. The van der Waals surface area contributed by atoms with Crippen LogP contribution in [0.5, 0.6) is 0 Å². The zero-order valence-corrected chi connectivity index (χ0v) is 13.5. The summed E-state index contributed by atoms with van der Waals surface area (Å²) in [5.74, 6) is -1.61. The maximum Gasteiger partial charge on any atom is 0.322 e. The standard InChI is InChI=1S/C15H17N3O5S/c19-15(20)14(11-6-7-23-10-11)17-24(21,22)13-8-16-18(9-13)12-4-2-1-3-5-12/h1-5,8-9,11,14,17H,6-7,10H2,(H,19,20). The van der Waals surface area contributed by atoms with Crippen molar-refractivity contribution in [2.45, 2.75) is 17.4 Å². The number of para-hydroxylation sites is 1. The number of carboxylic acid groups (broad SMARTS) is 1. The molecule has 1 fully saturated rings. The molecule has 128 valence electrons. The molecule has 2 heterocycles. The lowest BCUT2D eigenvalue weighted by Gasteiger charge is -2.18. The van der Waals surface area contributed by atoms with Crippen molar-refractivity contribution in [3.8, 4) is 5.69 Å². The van der Waals surface area contributed by atoms with Gasteiger partial charge in [0.05, 0.1) is 24.7 Å². The molecule has 0 bridgehead atoms. The van der Waals surface area contributed by atoms with Crippen LogP contribution in [0.1, 0.15) is 6.42 Å². The minimum Gasteiger partial charge on any atom is -0.480 e. The highest BCUT2D eigenvalue weighted by atomic mass is 32.2. The van der Waals surface area contributed by atoms with Crippen LogP contribution in [0.15, 0.2) is 47.6 Å². The van der Waals surface area contributed by atoms with Crippen LogP contribution in [-0.4, -0.2) is 48.5 Å². The molecule has 0 radical (unpaired) electrons. The van der Waals surface area contributed by atoms with Crippen LogP contribution in [-0.2, 0) is 19.6 Å². The summed E-state index contributed by atoms with van der Waals surface area (Å²) in [7, 11) is -4.00. The number of hydrogen-bond donors (Lipinski definition) is 2. The first-order chi connectivity index (χ1) is 11.5. The quantitative estimate of drug-likeness (QED) is 0.790. The molecule has 1 aromatic carbocycles. The van der Waals surface area contributed by atoms with Gasteiger partial charge in [0.2, 0.25) is 10.0 Å². The van der Waals surface area contributed by atoms with Crippen LogP contribution in [0, 0.1) is 5.92 Å². The van der Waals surface area contributed by atoms with Crippen LogP contribution in [0.2, 0.25) is 0 Å². The van der Waals surface area contributed by atoms with Crippen LogP contribution >= 0.6 is 0 Å². The van der Waals surface area contributed by atoms with E-state index in [0.29, 0.717) is 18.7 Å². The molecular formula is C15H17N3O5S. The van der Waals surface area contributed by atoms with Crippen LogP contribution in [0.3, 0.4) is 0 Å². The molecule has 3 rings (SSSR count). The van der Waals surface area contributed by atoms with Crippen molar-refractivity contribution in [3.05, 3.63) is 42.7 Å². The second kappa shape index (κ2) is 6.71. The number of aromatic nitrogens is 2. The Morgan fingerprint density at radius 1 is 1.38 bits per heavy atom. The van der Waals surface area contributed by atoms with Crippen molar-refractivity contribution in [2.75, 3.05) is 13.2 Å². The molecular weight excluding hydrogens is 334 g/mol. The van der Waals surface area contributed by atoms with E-state index in [2.05, 4.69) is 9.82 Å². The highest BCUT2D eigenvalue weighted by Crippen LogP contribution is 2.20. The number of hydrogen-bond acceptors (Lipinski definition) is 5. The topological polar surface area (TPSA) is 111 Å². The molecule has 2 unspecified atom stereocenters. The Morgan fingerprint density at radius 2 is 2.12 bits per heavy atom. The van der Waals surface area contributed by atoms with Gasteiger partial charge in [-0.2, -0.15) is 9.82 Å². The largest absolute Gasteiger partial charge is 0.480 e. The van der Waals surface area contributed by atoms with E-state index in [1.807, 2.05) is 18.2 Å². The van der Waals surface area contributed by atoms with Gasteiger partial charge in [-0.05, 0) is 18.6 Å². The van der Waals surface area contributed by atoms with Gasteiger partial charge >= 0.3 is 5.97 Å². The number of nitrogens with zero attached hydrogens (tertiary/aromatic N) is 2. The first kappa shape index (κ1) is 16.6. The minimum absolute atomic E-state index is 0.0866. The first-order valence-corrected chi connectivity index (χ1v) is 8.89. The van der Waals surface area contributed by atoms with Gasteiger partial charge < -0.3 is 9.84 Å². The van der Waals surface area contributed by atoms with Gasteiger partial charge in [-0.25, -0.2) is 13.1 Å². The molecule has 0 aliphatic carbocycles. The number of aliphatic carboxylic acids is 1. The fourth-order valence-corrected chi connectivity index (χ4v) is 3.75. The second-order valence-corrected chi connectivity index (χ2v) is 7.23. The number of sulfonamides is 1. The van der Waals surface area contributed by atoms with Crippen molar-refractivity contribution in [1.29, 1.82) is 0 Å². The minimum atomic E-state index is -4.00. The highest BCUT2D eigenvalue weighted by Gasteiger charge is 2.35. The van der Waals surface area contributed by atoms with E-state index in [4.69, 9.17) is 4.74 Å². The molecule has 1 aromatic heterocycles. The fourth-order valence-electron chi connectivity index (χ4n) is 2.57. The average Bonchev–Trinajstić information content (AvgIpc) is 3.25. The number of nitrogens with one attached hydrogen (secondary N) is 1. The Kier molecular flexibility index (Phi) is 4.65. The number of carbonyl (C=O) groups is 1. The van der Waals surface area contributed by atoms with E-state index in [9.17, 15) is 18.3 Å². The number of rotatable bonds is 6. The zero-order valence-electron chi connectivity index (χ0n) is 12.7. The Labute approximate surface area is 139 Å². The Morgan fingerprint density at radius 3 is 2.75 bits per heavy atom. The van der Waals surface area contributed by atoms with Gasteiger partial charge in [0.15, 0.2) is 0 Å². The lowest BCUT2D eigenvalue weighted by atomic mass is 10.0. The van der Waals surface area contributed by atoms with Crippen LogP contribution < -0.4 is 4.72 Å². The van der Waals surface area contributed by atoms with E-state index in [-0.39, 0.29) is 17.4 Å². The summed E-state index contributed by atoms with van der Waals surface area (Å²) in [5, 5.41) is 13.4. The summed E-state index contributed by atoms with van der Waals surface area (Å²) in [6.45, 7) is 0.658. The van der Waals surface area contributed by atoms with Crippen molar-refractivity contribution in [3.63, 3.8) is 0 Å². The predicted molar refractivity (Wildman–Crippen MR) is 84.2 cm³/mol. The Balaban J connectivity index is 1.82. The summed E-state index contributed by atoms with van der Waals surface area (Å²) in [6.07, 6.45) is 3.05. The van der Waals surface area contributed by atoms with Gasteiger partial charge in [-0.15, -0.1) is 0 Å². The molecule has 2 N–H and O–H groups in total. The zero-order chi connectivity index (χ0) is 17.2. The van der Waals surface area contributed by atoms with Gasteiger partial charge in [-0.1, -0.05) is 18.2 Å². The molecule has 0 saturated carbocycles. The molecule has 1 aliphatic heterocycles. The summed E-state index contributed by atoms with van der Waals surface area (Å²) in [6, 6.07) is 7.80. The first-order valence-electron chi connectivity index (χ1n) is 7.40. The van der Waals surface area contributed by atoms with Crippen molar-refractivity contribution in [2.24, 2.45) is 5.92 Å². The van der Waals surface area contributed by atoms with Crippen LogP contribution in [0.4, 0.5) is 0 Å². The second-order valence-electron chi connectivity index (χ2n) is 5.52. The van der Waals surface area contributed by atoms with E-state index in [1.54, 1.807) is 12.1 Å². The molecule has 8 nitrogen and oxygen atoms in total. The van der Waals surface area contributed by atoms with Gasteiger partial charge in [-0.3, -0.25) is 4.79 Å².